The van der Waals surface area contributed by atoms with Crippen LogP contribution < -0.4 is 102 Å². The van der Waals surface area contributed by atoms with Crippen molar-refractivity contribution < 1.29 is 98.9 Å². The highest BCUT2D eigenvalue weighted by molar-refractivity contribution is 6.58. The van der Waals surface area contributed by atoms with Crippen LogP contribution in [0.3, 0.4) is 0 Å². The van der Waals surface area contributed by atoms with Crippen LogP contribution >= 0.6 is 82.0 Å². The van der Waals surface area contributed by atoms with Crippen LogP contribution in [0.4, 0.5) is 66.4 Å². The van der Waals surface area contributed by atoms with Gasteiger partial charge < -0.3 is 71.2 Å². The average Bonchev–Trinajstić information content (AvgIpc) is 1.67. The van der Waals surface area contributed by atoms with E-state index in [1.54, 1.807) is 36.4 Å². The number of hydrogen-bond acceptors (Lipinski definition) is 38. The molecular formula is C89H95BCl7F7N26O14. The first-order chi connectivity index (χ1) is 68.7. The zero-order chi connectivity index (χ0) is 106. The third-order valence-electron chi connectivity index (χ3n) is 15.4. The SMILES string of the molecule is C#CCN.C#CCNc1nc(NCCC)nc(NOc2ccc(F)cc2)n1.CCCN.CCCNc1nc(Cl)nc(NOc2ccc(F)cc2)n1.CCOCC.Cl.Clc1nc(Cl)nc(Cl)n1.Fc1ccc(ONc2nc(Cl)nc(Cl)n2)cc1.NN.NOc1ccc(F)cc1.NOc1ccc(F)cc1.O=C1c2ccccc2C(=O)N1O.O=C1c2ccccc2C(=O)N1Oc1ccc(F)cc1.OB(O)c1ccc(F)cc1. The summed E-state index contributed by atoms with van der Waals surface area (Å²) in [6.07, 6.45) is 12.8. The maximum atomic E-state index is 12.9. The van der Waals surface area contributed by atoms with Gasteiger partial charge in [0.1, 0.15) is 52.2 Å². The Morgan fingerprint density at radius 1 is 0.368 bits per heavy atom. The highest BCUT2D eigenvalue weighted by atomic mass is 35.5. The molecule has 0 unspecified atom stereocenters. The van der Waals surface area contributed by atoms with Crippen LogP contribution in [0.2, 0.25) is 31.7 Å². The van der Waals surface area contributed by atoms with Gasteiger partial charge in [-0.2, -0.15) is 88.0 Å². The number of imide groups is 2. The number of rotatable bonds is 25. The zero-order valence-corrected chi connectivity index (χ0v) is 81.8. The number of amides is 4. The fourth-order valence-electron chi connectivity index (χ4n) is 9.05. The van der Waals surface area contributed by atoms with Gasteiger partial charge in [0, 0.05) is 26.3 Å². The second-order valence-electron chi connectivity index (χ2n) is 25.8. The summed E-state index contributed by atoms with van der Waals surface area (Å²) in [5.41, 5.74) is 18.8. The summed E-state index contributed by atoms with van der Waals surface area (Å²) in [5.74, 6) is 21.3. The third-order valence-corrected chi connectivity index (χ3v) is 16.5. The molecule has 0 atom stereocenters. The number of halogens is 14. The van der Waals surface area contributed by atoms with E-state index in [1.165, 1.54) is 182 Å². The predicted molar refractivity (Wildman–Crippen MR) is 533 cm³/mol. The molecule has 0 bridgehead atoms. The number of hydroxylamine groups is 4. The van der Waals surface area contributed by atoms with Crippen LogP contribution in [-0.4, -0.2) is 162 Å². The van der Waals surface area contributed by atoms with Gasteiger partial charge in [0.15, 0.2) is 23.0 Å². The number of aromatic nitrogens is 12. The average molecular weight is 2140 g/mol. The maximum Gasteiger partial charge on any atom is 0.488 e. The van der Waals surface area contributed by atoms with Gasteiger partial charge in [-0.15, -0.1) is 30.3 Å². The molecule has 0 radical (unpaired) electrons. The Hall–Kier alpha value is -14.8. The number of nitrogens with two attached hydrogens (primary N) is 6. The molecule has 144 heavy (non-hydrogen) atoms. The minimum atomic E-state index is -1.51. The van der Waals surface area contributed by atoms with E-state index in [-0.39, 0.29) is 125 Å². The largest absolute Gasteiger partial charge is 0.488 e. The molecule has 4 aromatic heterocycles. The second kappa shape index (κ2) is 72.5. The lowest BCUT2D eigenvalue weighted by Crippen LogP contribution is -2.33. The highest BCUT2D eigenvalue weighted by Gasteiger charge is 2.38. The van der Waals surface area contributed by atoms with Gasteiger partial charge in [-0.05, 0) is 297 Å². The molecule has 15 rings (SSSR count). The Bertz CT molecular complexity index is 5850. The Labute approximate surface area is 857 Å². The number of hydrogen-bond donors (Lipinski definition) is 15. The molecule has 0 spiro atoms. The maximum absolute atomic E-state index is 12.9. The first kappa shape index (κ1) is 125. The van der Waals surface area contributed by atoms with Gasteiger partial charge in [-0.1, -0.05) is 74.1 Å². The highest BCUT2D eigenvalue weighted by Crippen LogP contribution is 2.27. The van der Waals surface area contributed by atoms with E-state index in [0.717, 1.165) is 52.1 Å². The lowest BCUT2D eigenvalue weighted by Gasteiger charge is -2.13. The Morgan fingerprint density at radius 3 is 0.896 bits per heavy atom. The van der Waals surface area contributed by atoms with Gasteiger partial charge in [0.2, 0.25) is 49.5 Å². The van der Waals surface area contributed by atoms with Gasteiger partial charge in [0.25, 0.3) is 41.5 Å². The minimum Gasteiger partial charge on any atom is -0.423 e. The Balaban J connectivity index is 0.000000546. The first-order valence-electron chi connectivity index (χ1n) is 41.0. The van der Waals surface area contributed by atoms with E-state index in [2.05, 4.69) is 139 Å². The van der Waals surface area contributed by atoms with Crippen molar-refractivity contribution >= 4 is 154 Å². The molecule has 4 amide bonds. The predicted octanol–water partition coefficient (Wildman–Crippen LogP) is 14.7. The summed E-state index contributed by atoms with van der Waals surface area (Å²) in [6.45, 7) is 14.7. The number of hydrazine groups is 1. The number of nitrogens with one attached hydrogen (secondary N) is 6. The smallest absolute Gasteiger partial charge is 0.423 e. The lowest BCUT2D eigenvalue weighted by atomic mass is 9.80. The summed E-state index contributed by atoms with van der Waals surface area (Å²) in [6, 6.07) is 50.2. The van der Waals surface area contributed by atoms with Crippen molar-refractivity contribution in [1.82, 2.24) is 69.9 Å². The van der Waals surface area contributed by atoms with Crippen molar-refractivity contribution in [1.29, 1.82) is 0 Å². The van der Waals surface area contributed by atoms with E-state index in [4.69, 9.17) is 139 Å². The molecule has 2 aliphatic heterocycles. The number of carbonyl (C=O) groups is 4. The van der Waals surface area contributed by atoms with Crippen molar-refractivity contribution in [3.8, 4) is 59.2 Å². The molecule has 0 saturated heterocycles. The van der Waals surface area contributed by atoms with E-state index >= 15 is 0 Å². The lowest BCUT2D eigenvalue weighted by molar-refractivity contribution is -0.0327. The summed E-state index contributed by atoms with van der Waals surface area (Å²) >= 11 is 32.9. The third kappa shape index (κ3) is 50.6. The van der Waals surface area contributed by atoms with Crippen molar-refractivity contribution in [3.63, 3.8) is 0 Å². The van der Waals surface area contributed by atoms with Crippen LogP contribution in [0, 0.1) is 65.4 Å². The van der Waals surface area contributed by atoms with Crippen LogP contribution in [0.25, 0.3) is 0 Å². The number of ether oxygens (including phenoxy) is 1. The van der Waals surface area contributed by atoms with Gasteiger partial charge >= 0.3 is 7.12 Å². The number of terminal acetylenes is 2. The van der Waals surface area contributed by atoms with Crippen molar-refractivity contribution in [2.24, 2.45) is 34.9 Å². The van der Waals surface area contributed by atoms with Crippen LogP contribution in [0.5, 0.6) is 34.5 Å². The first-order valence-corrected chi connectivity index (χ1v) is 43.3. The van der Waals surface area contributed by atoms with Gasteiger partial charge in [0.05, 0.1) is 35.3 Å². The van der Waals surface area contributed by atoms with Crippen LogP contribution in [-0.2, 0) is 4.74 Å². The van der Waals surface area contributed by atoms with Crippen molar-refractivity contribution in [2.45, 2.75) is 53.9 Å². The zero-order valence-electron chi connectivity index (χ0n) is 76.5. The minimum absolute atomic E-state index is 0. The fourth-order valence-corrected chi connectivity index (χ4v) is 10.2. The van der Waals surface area contributed by atoms with E-state index in [1.807, 2.05) is 27.7 Å². The molecule has 6 heterocycles. The number of benzene rings is 9. The molecule has 766 valence electrons. The standard InChI is InChI=1S/C15H17FN6O.C14H8FNO3.C12H13ClFN5O.C9H5Cl2FN4O.C8H5NO3.C6H6BFO2.2C6H6FNO.C4H10O.C3Cl3N3.C3H9N.C3H5N.ClH.H4N2/c1-3-9-17-13-19-14(18-10-4-2)21-15(20-13)22-23-12-7-5-11(16)6-8-12;15-9-5-7-10(8-6-9)19-16-13(17)11-3-1-2-4-12(11)14(16)18;1-2-7-15-11-16-10(13)17-12(18-11)19-20-9-5-3-8(14)4-6-9;10-7-13-8(11)15-9(14-7)16-17-6-3-1-5(12)2-4-6;10-7-5-3-1-2-4-6(5)8(11)9(7)12;8-6-3-1-5(2-4-6)7(9)10;2*7-5-1-3-6(9-8)4-2-5;1-3-5-4-2;4-1-7-2(5)9-3(6)8-1;2*1-2-3-4;;1-2/h1,5-8H,4,9-10H2,2H3,(H3,17,18,19,20,21,22);1-8H;3-6H,2,7H2,1H3,(H2,15,16,17,18,19);1-4H,(H,13,14,15,16);1-4,12H;1-4,9-10H;2*1-4H,8H2;3-4H2,1-2H3;;2-4H2,1H3;1H,3-4H2;1H;1-2H2. The molecule has 9 aromatic carbocycles. The van der Waals surface area contributed by atoms with Crippen LogP contribution in [0.15, 0.2) is 218 Å². The summed E-state index contributed by atoms with van der Waals surface area (Å²) in [4.78, 5) is 121. The Kier molecular flexibility index (Phi) is 63.1. The monoisotopic (exact) mass is 2140 g/mol. The molecule has 0 saturated carbocycles. The molecule has 2 aliphatic rings. The number of anilines is 6. The van der Waals surface area contributed by atoms with Gasteiger partial charge in [-0.3, -0.25) is 36.1 Å². The fraction of sp³-hybridized carbons (Fsp3) is 0.169. The van der Waals surface area contributed by atoms with E-state index in [0.29, 0.717) is 74.8 Å². The number of carbonyl (C=O) groups excluding carboxylic acids is 4. The summed E-state index contributed by atoms with van der Waals surface area (Å²) in [7, 11) is -1.51. The molecule has 40 nitrogen and oxygen atoms in total. The molecule has 13 aromatic rings. The second-order valence-corrected chi connectivity index (χ2v) is 27.8. The quantitative estimate of drug-likeness (QED) is 0.00480. The summed E-state index contributed by atoms with van der Waals surface area (Å²) in [5, 5.41) is 35.7. The molecule has 55 heteroatoms. The summed E-state index contributed by atoms with van der Waals surface area (Å²) < 4.78 is 92.2. The topological polar surface area (TPSA) is 583 Å². The number of fused-ring (bicyclic) bond motifs is 2. The van der Waals surface area contributed by atoms with Crippen molar-refractivity contribution in [2.75, 3.05) is 78.3 Å². The Morgan fingerprint density at radius 2 is 0.618 bits per heavy atom. The molecule has 0 aliphatic carbocycles. The molecule has 0 fully saturated rings. The number of nitrogens with zero attached hydrogens (tertiary/aromatic N) is 14. The van der Waals surface area contributed by atoms with Crippen molar-refractivity contribution in [3.05, 3.63) is 313 Å². The van der Waals surface area contributed by atoms with E-state index < -0.39 is 36.6 Å². The molecular weight excluding hydrogens is 2050 g/mol. The molecule has 21 N–H and O–H groups in total. The normalized spacial score (nSPS) is 10.3. The van der Waals surface area contributed by atoms with Crippen LogP contribution in [0.1, 0.15) is 95.3 Å². The van der Waals surface area contributed by atoms with Gasteiger partial charge in [-0.25, -0.2) is 30.7 Å². The van der Waals surface area contributed by atoms with E-state index in [9.17, 15) is 49.9 Å².